The van der Waals surface area contributed by atoms with Crippen LogP contribution in [0.25, 0.3) is 0 Å². The van der Waals surface area contributed by atoms with Gasteiger partial charge in [0.25, 0.3) is 0 Å². The van der Waals surface area contributed by atoms with Crippen molar-refractivity contribution in [3.05, 3.63) is 0 Å². The van der Waals surface area contributed by atoms with E-state index in [9.17, 15) is 0 Å². The van der Waals surface area contributed by atoms with E-state index in [-0.39, 0.29) is 0 Å². The quantitative estimate of drug-likeness (QED) is 0.537. The van der Waals surface area contributed by atoms with E-state index in [4.69, 9.17) is 4.43 Å². The summed E-state index contributed by atoms with van der Waals surface area (Å²) in [5.41, 5.74) is 0. The average Bonchev–Trinajstić information content (AvgIpc) is 2.01. The number of rotatable bonds is 7. The first-order valence-electron chi connectivity index (χ1n) is 4.82. The van der Waals surface area contributed by atoms with Crippen molar-refractivity contribution in [2.24, 2.45) is 0 Å². The summed E-state index contributed by atoms with van der Waals surface area (Å²) in [5.74, 6) is 0. The van der Waals surface area contributed by atoms with E-state index < -0.39 is 9.04 Å². The third-order valence-corrected chi connectivity index (χ3v) is 4.35. The third-order valence-electron chi connectivity index (χ3n) is 1.69. The smallest absolute Gasteiger partial charge is 0.211 e. The van der Waals surface area contributed by atoms with Crippen molar-refractivity contribution in [3.63, 3.8) is 0 Å². The minimum atomic E-state index is -0.409. The van der Waals surface area contributed by atoms with Gasteiger partial charge >= 0.3 is 0 Å². The topological polar surface area (TPSA) is 9.23 Å². The zero-order valence-corrected chi connectivity index (χ0v) is 9.15. The molecule has 67 valence electrons. The SMILES string of the molecule is CCCC[Si](CCC)OCC. The molecule has 0 aromatic rings. The first kappa shape index (κ1) is 11.2. The molecule has 0 aromatic heterocycles. The van der Waals surface area contributed by atoms with Gasteiger partial charge in [-0.05, 0) is 19.0 Å². The molecule has 1 radical (unpaired) electrons. The Kier molecular flexibility index (Phi) is 8.41. The van der Waals surface area contributed by atoms with Crippen molar-refractivity contribution in [3.8, 4) is 0 Å². The van der Waals surface area contributed by atoms with Gasteiger partial charge in [-0.15, -0.1) is 0 Å². The average molecular weight is 173 g/mol. The van der Waals surface area contributed by atoms with Gasteiger partial charge in [0, 0.05) is 6.61 Å². The molecule has 0 saturated carbocycles. The Morgan fingerprint density at radius 2 is 1.73 bits per heavy atom. The molecule has 0 N–H and O–H groups in total. The van der Waals surface area contributed by atoms with Gasteiger partial charge in [-0.1, -0.05) is 33.1 Å². The zero-order valence-electron chi connectivity index (χ0n) is 8.15. The molecule has 0 saturated heterocycles. The second-order valence-corrected chi connectivity index (χ2v) is 5.19. The Labute approximate surface area is 72.9 Å². The minimum Gasteiger partial charge on any atom is -0.417 e. The molecule has 0 aliphatic rings. The Bertz CT molecular complexity index is 70.0. The number of hydrogen-bond acceptors (Lipinski definition) is 1. The molecular formula is C9H21OSi. The summed E-state index contributed by atoms with van der Waals surface area (Å²) in [6, 6.07) is 2.68. The summed E-state index contributed by atoms with van der Waals surface area (Å²) >= 11 is 0. The minimum absolute atomic E-state index is 0.409. The summed E-state index contributed by atoms with van der Waals surface area (Å²) < 4.78 is 5.69. The lowest BCUT2D eigenvalue weighted by molar-refractivity contribution is 0.339. The normalized spacial score (nSPS) is 10.9. The van der Waals surface area contributed by atoms with Crippen LogP contribution in [0.3, 0.4) is 0 Å². The summed E-state index contributed by atoms with van der Waals surface area (Å²) in [6.07, 6.45) is 3.96. The summed E-state index contributed by atoms with van der Waals surface area (Å²) in [6.45, 7) is 7.51. The highest BCUT2D eigenvalue weighted by atomic mass is 28.3. The molecule has 0 aliphatic carbocycles. The summed E-state index contributed by atoms with van der Waals surface area (Å²) in [5, 5.41) is 0. The highest BCUT2D eigenvalue weighted by molar-refractivity contribution is 6.51. The molecule has 11 heavy (non-hydrogen) atoms. The summed E-state index contributed by atoms with van der Waals surface area (Å²) in [7, 11) is -0.409. The fourth-order valence-corrected chi connectivity index (χ4v) is 3.38. The largest absolute Gasteiger partial charge is 0.417 e. The van der Waals surface area contributed by atoms with Crippen molar-refractivity contribution < 1.29 is 4.43 Å². The van der Waals surface area contributed by atoms with Gasteiger partial charge in [-0.25, -0.2) is 0 Å². The first-order chi connectivity index (χ1) is 5.35. The number of unbranched alkanes of at least 4 members (excludes halogenated alkanes) is 1. The van der Waals surface area contributed by atoms with E-state index in [2.05, 4.69) is 20.8 Å². The van der Waals surface area contributed by atoms with E-state index in [0.717, 1.165) is 6.61 Å². The lowest BCUT2D eigenvalue weighted by atomic mass is 10.4. The summed E-state index contributed by atoms with van der Waals surface area (Å²) in [4.78, 5) is 0. The third kappa shape index (κ3) is 6.57. The Balaban J connectivity index is 3.34. The van der Waals surface area contributed by atoms with Crippen molar-refractivity contribution in [2.45, 2.75) is 52.1 Å². The molecule has 0 unspecified atom stereocenters. The van der Waals surface area contributed by atoms with E-state index in [1.807, 2.05) is 0 Å². The van der Waals surface area contributed by atoms with Gasteiger partial charge in [0.15, 0.2) is 0 Å². The Hall–Kier alpha value is 0.177. The van der Waals surface area contributed by atoms with Gasteiger partial charge in [-0.3, -0.25) is 0 Å². The highest BCUT2D eigenvalue weighted by Crippen LogP contribution is 2.08. The standard InChI is InChI=1S/C9H21OSi/c1-4-7-9-11(8-5-2)10-6-3/h4-9H2,1-3H3. The second-order valence-electron chi connectivity index (χ2n) is 2.83. The maximum absolute atomic E-state index is 5.69. The van der Waals surface area contributed by atoms with Gasteiger partial charge < -0.3 is 4.43 Å². The Morgan fingerprint density at radius 1 is 1.00 bits per heavy atom. The van der Waals surface area contributed by atoms with Gasteiger partial charge in [-0.2, -0.15) is 0 Å². The van der Waals surface area contributed by atoms with Crippen LogP contribution >= 0.6 is 0 Å². The van der Waals surface area contributed by atoms with Crippen LogP contribution in [-0.4, -0.2) is 15.6 Å². The molecule has 0 rings (SSSR count). The Morgan fingerprint density at radius 3 is 2.18 bits per heavy atom. The lowest BCUT2D eigenvalue weighted by Crippen LogP contribution is -2.16. The second kappa shape index (κ2) is 8.28. The molecule has 0 heterocycles. The fraction of sp³-hybridized carbons (Fsp3) is 1.00. The molecule has 0 amide bonds. The van der Waals surface area contributed by atoms with Crippen LogP contribution in [0.5, 0.6) is 0 Å². The molecule has 0 spiro atoms. The molecule has 0 fully saturated rings. The highest BCUT2D eigenvalue weighted by Gasteiger charge is 2.09. The fourth-order valence-electron chi connectivity index (χ4n) is 1.13. The van der Waals surface area contributed by atoms with E-state index >= 15 is 0 Å². The van der Waals surface area contributed by atoms with Crippen molar-refractivity contribution >= 4 is 9.04 Å². The van der Waals surface area contributed by atoms with Crippen LogP contribution in [-0.2, 0) is 4.43 Å². The van der Waals surface area contributed by atoms with E-state index in [1.54, 1.807) is 0 Å². The van der Waals surface area contributed by atoms with Gasteiger partial charge in [0.2, 0.25) is 9.04 Å². The monoisotopic (exact) mass is 173 g/mol. The van der Waals surface area contributed by atoms with Crippen LogP contribution in [0.15, 0.2) is 0 Å². The van der Waals surface area contributed by atoms with E-state index in [0.29, 0.717) is 0 Å². The molecule has 0 atom stereocenters. The molecule has 1 nitrogen and oxygen atoms in total. The molecular weight excluding hydrogens is 152 g/mol. The van der Waals surface area contributed by atoms with Crippen LogP contribution < -0.4 is 0 Å². The van der Waals surface area contributed by atoms with Crippen molar-refractivity contribution in [2.75, 3.05) is 6.61 Å². The lowest BCUT2D eigenvalue weighted by Gasteiger charge is -2.11. The van der Waals surface area contributed by atoms with Crippen LogP contribution in [0.1, 0.15) is 40.0 Å². The predicted octanol–water partition coefficient (Wildman–Crippen LogP) is 3.22. The maximum Gasteiger partial charge on any atom is 0.211 e. The predicted molar refractivity (Wildman–Crippen MR) is 52.2 cm³/mol. The number of hydrogen-bond donors (Lipinski definition) is 0. The molecule has 2 heteroatoms. The van der Waals surface area contributed by atoms with E-state index in [1.165, 1.54) is 31.4 Å². The van der Waals surface area contributed by atoms with Gasteiger partial charge in [0.1, 0.15) is 0 Å². The van der Waals surface area contributed by atoms with Crippen molar-refractivity contribution in [1.29, 1.82) is 0 Å². The van der Waals surface area contributed by atoms with Crippen LogP contribution in [0.4, 0.5) is 0 Å². The maximum atomic E-state index is 5.69. The molecule has 0 bridgehead atoms. The van der Waals surface area contributed by atoms with Crippen LogP contribution in [0.2, 0.25) is 12.1 Å². The van der Waals surface area contributed by atoms with Gasteiger partial charge in [0.05, 0.1) is 0 Å². The molecule has 0 aromatic carbocycles. The molecule has 0 aliphatic heterocycles. The first-order valence-corrected chi connectivity index (χ1v) is 6.64. The van der Waals surface area contributed by atoms with Crippen molar-refractivity contribution in [1.82, 2.24) is 0 Å². The zero-order chi connectivity index (χ0) is 8.53. The van der Waals surface area contributed by atoms with Crippen LogP contribution in [0, 0.1) is 0 Å².